The largest absolute Gasteiger partial charge is 0.309 e. The molecule has 0 atom stereocenters. The molecule has 0 bridgehead atoms. The molecule has 0 N–H and O–H groups in total. The van der Waals surface area contributed by atoms with Crippen LogP contribution in [0.3, 0.4) is 0 Å². The number of rotatable bonds is 6. The molecule has 0 amide bonds. The summed E-state index contributed by atoms with van der Waals surface area (Å²) < 4.78 is 4.70. The van der Waals surface area contributed by atoms with Crippen molar-refractivity contribution in [1.82, 2.24) is 19.1 Å². The van der Waals surface area contributed by atoms with E-state index in [1.807, 2.05) is 0 Å². The van der Waals surface area contributed by atoms with Crippen LogP contribution < -0.4 is 0 Å². The van der Waals surface area contributed by atoms with E-state index in [1.165, 1.54) is 54.7 Å². The van der Waals surface area contributed by atoms with Gasteiger partial charge in [-0.15, -0.1) is 0 Å². The van der Waals surface area contributed by atoms with Gasteiger partial charge in [0.1, 0.15) is 6.33 Å². The minimum Gasteiger partial charge on any atom is -0.309 e. The highest BCUT2D eigenvalue weighted by Gasteiger charge is 2.16. The molecule has 4 nitrogen and oxygen atoms in total. The molecular formula is C52H34N4. The summed E-state index contributed by atoms with van der Waals surface area (Å²) in [4.78, 5) is 9.50. The minimum absolute atomic E-state index is 0.888. The topological polar surface area (TPSA) is 35.6 Å². The maximum atomic E-state index is 4.75. The van der Waals surface area contributed by atoms with Gasteiger partial charge in [-0.1, -0.05) is 121 Å². The maximum absolute atomic E-state index is 4.75. The van der Waals surface area contributed by atoms with Crippen LogP contribution in [0.5, 0.6) is 0 Å². The van der Waals surface area contributed by atoms with E-state index in [2.05, 4.69) is 209 Å². The van der Waals surface area contributed by atoms with E-state index in [9.17, 15) is 0 Å². The van der Waals surface area contributed by atoms with Crippen LogP contribution in [0.4, 0.5) is 0 Å². The molecule has 11 aromatic rings. The van der Waals surface area contributed by atoms with Gasteiger partial charge < -0.3 is 9.13 Å². The molecule has 0 fully saturated rings. The number of hydrogen-bond acceptors (Lipinski definition) is 2. The van der Waals surface area contributed by atoms with Crippen molar-refractivity contribution in [2.45, 2.75) is 0 Å². The lowest BCUT2D eigenvalue weighted by atomic mass is 9.98. The molecule has 0 unspecified atom stereocenters. The molecule has 0 radical (unpaired) electrons. The van der Waals surface area contributed by atoms with E-state index in [1.54, 1.807) is 6.33 Å². The molecule has 262 valence electrons. The van der Waals surface area contributed by atoms with Crippen LogP contribution in [0.1, 0.15) is 0 Å². The van der Waals surface area contributed by atoms with Gasteiger partial charge in [0.25, 0.3) is 0 Å². The number of hydrogen-bond donors (Lipinski definition) is 0. The van der Waals surface area contributed by atoms with Gasteiger partial charge in [0.15, 0.2) is 0 Å². The third-order valence-corrected chi connectivity index (χ3v) is 11.0. The Bertz CT molecular complexity index is 3030. The molecule has 0 aliphatic rings. The van der Waals surface area contributed by atoms with E-state index in [0.717, 1.165) is 45.0 Å². The van der Waals surface area contributed by atoms with Gasteiger partial charge in [0.2, 0.25) is 0 Å². The van der Waals surface area contributed by atoms with Crippen molar-refractivity contribution < 1.29 is 0 Å². The first-order chi connectivity index (χ1) is 27.8. The van der Waals surface area contributed by atoms with Gasteiger partial charge in [-0.3, -0.25) is 0 Å². The molecule has 0 spiro atoms. The predicted octanol–water partition coefficient (Wildman–Crippen LogP) is 13.3. The van der Waals surface area contributed by atoms with E-state index >= 15 is 0 Å². The van der Waals surface area contributed by atoms with Gasteiger partial charge in [-0.05, 0) is 101 Å². The van der Waals surface area contributed by atoms with Gasteiger partial charge in [0.05, 0.1) is 33.5 Å². The van der Waals surface area contributed by atoms with E-state index in [0.29, 0.717) is 0 Å². The van der Waals surface area contributed by atoms with Crippen LogP contribution in [0.15, 0.2) is 207 Å². The summed E-state index contributed by atoms with van der Waals surface area (Å²) in [7, 11) is 0. The SMILES string of the molecule is c1ccc(-n2c3ccccc3c3cc(-c4cccc(-c5cc(-c6cccc(-c7ccc8c(c7)c7ccccc7n8-c7ccccc7)c6)ncn5)c4)ccc32)cc1. The van der Waals surface area contributed by atoms with Crippen LogP contribution >= 0.6 is 0 Å². The fourth-order valence-electron chi connectivity index (χ4n) is 8.40. The molecule has 0 aliphatic heterocycles. The van der Waals surface area contributed by atoms with Gasteiger partial charge in [-0.2, -0.15) is 0 Å². The van der Waals surface area contributed by atoms with E-state index < -0.39 is 0 Å². The monoisotopic (exact) mass is 714 g/mol. The van der Waals surface area contributed by atoms with Crippen LogP contribution in [-0.2, 0) is 0 Å². The summed E-state index contributed by atoms with van der Waals surface area (Å²) in [6.45, 7) is 0. The highest BCUT2D eigenvalue weighted by Crippen LogP contribution is 2.38. The van der Waals surface area contributed by atoms with Crippen LogP contribution in [0.25, 0.3) is 99.8 Å². The zero-order valence-electron chi connectivity index (χ0n) is 30.4. The summed E-state index contributed by atoms with van der Waals surface area (Å²) in [5.41, 5.74) is 15.6. The number of benzene rings is 8. The Hall–Kier alpha value is -7.56. The van der Waals surface area contributed by atoms with Crippen molar-refractivity contribution in [3.05, 3.63) is 207 Å². The lowest BCUT2D eigenvalue weighted by Crippen LogP contribution is -1.93. The van der Waals surface area contributed by atoms with Crippen LogP contribution in [0.2, 0.25) is 0 Å². The average Bonchev–Trinajstić information content (AvgIpc) is 3.79. The van der Waals surface area contributed by atoms with E-state index in [-0.39, 0.29) is 0 Å². The second-order valence-electron chi connectivity index (χ2n) is 14.3. The van der Waals surface area contributed by atoms with Crippen LogP contribution in [-0.4, -0.2) is 19.1 Å². The van der Waals surface area contributed by atoms with Crippen molar-refractivity contribution in [2.75, 3.05) is 0 Å². The number of fused-ring (bicyclic) bond motifs is 6. The Morgan fingerprint density at radius 2 is 0.661 bits per heavy atom. The third kappa shape index (κ3) is 5.31. The van der Waals surface area contributed by atoms with Crippen molar-refractivity contribution in [2.24, 2.45) is 0 Å². The average molecular weight is 715 g/mol. The fraction of sp³-hybridized carbons (Fsp3) is 0. The lowest BCUT2D eigenvalue weighted by molar-refractivity contribution is 1.18. The molecule has 11 rings (SSSR count). The summed E-state index contributed by atoms with van der Waals surface area (Å²) in [5, 5.41) is 4.95. The minimum atomic E-state index is 0.888. The first-order valence-corrected chi connectivity index (χ1v) is 19.0. The quantitative estimate of drug-likeness (QED) is 0.172. The molecule has 0 aliphatic carbocycles. The van der Waals surface area contributed by atoms with Gasteiger partial charge >= 0.3 is 0 Å². The molecule has 0 saturated heterocycles. The van der Waals surface area contributed by atoms with Gasteiger partial charge in [0, 0.05) is 44.0 Å². The summed E-state index contributed by atoms with van der Waals surface area (Å²) in [6, 6.07) is 71.5. The fourth-order valence-corrected chi connectivity index (χ4v) is 8.40. The Morgan fingerprint density at radius 1 is 0.268 bits per heavy atom. The molecule has 0 saturated carbocycles. The van der Waals surface area contributed by atoms with Crippen LogP contribution in [0, 0.1) is 0 Å². The maximum Gasteiger partial charge on any atom is 0.116 e. The Labute approximate surface area is 324 Å². The molecule has 3 heterocycles. The molecule has 4 heteroatoms. The van der Waals surface area contributed by atoms with Crippen molar-refractivity contribution >= 4 is 43.6 Å². The third-order valence-electron chi connectivity index (χ3n) is 11.0. The zero-order valence-corrected chi connectivity index (χ0v) is 30.4. The Morgan fingerprint density at radius 3 is 1.14 bits per heavy atom. The smallest absolute Gasteiger partial charge is 0.116 e. The van der Waals surface area contributed by atoms with Crippen molar-refractivity contribution in [1.29, 1.82) is 0 Å². The molecule has 3 aromatic heterocycles. The zero-order chi connectivity index (χ0) is 37.0. The second kappa shape index (κ2) is 13.1. The standard InChI is InChI=1S/C52H34N4/c1-3-17-41(18-4-1)55-49-23-9-7-21-43(49)45-31-37(25-27-51(45)55)35-13-11-15-39(29-35)47-33-48(54-34-53-47)40-16-12-14-36(30-40)38-26-28-52-46(32-38)44-22-8-10-24-50(44)56(52)42-19-5-2-6-20-42/h1-34H. The molecular weight excluding hydrogens is 681 g/mol. The number of para-hydroxylation sites is 4. The van der Waals surface area contributed by atoms with Crippen molar-refractivity contribution in [3.8, 4) is 56.1 Å². The summed E-state index contributed by atoms with van der Waals surface area (Å²) in [5.74, 6) is 0. The summed E-state index contributed by atoms with van der Waals surface area (Å²) >= 11 is 0. The molecule has 8 aromatic carbocycles. The first-order valence-electron chi connectivity index (χ1n) is 19.0. The lowest BCUT2D eigenvalue weighted by Gasteiger charge is -2.10. The highest BCUT2D eigenvalue weighted by atomic mass is 15.0. The van der Waals surface area contributed by atoms with Gasteiger partial charge in [-0.25, -0.2) is 9.97 Å². The molecule has 56 heavy (non-hydrogen) atoms. The second-order valence-corrected chi connectivity index (χ2v) is 14.3. The van der Waals surface area contributed by atoms with E-state index in [4.69, 9.17) is 9.97 Å². The normalized spacial score (nSPS) is 11.6. The number of aromatic nitrogens is 4. The first kappa shape index (κ1) is 31.9. The Balaban J connectivity index is 0.943. The number of nitrogens with zero attached hydrogens (tertiary/aromatic N) is 4. The highest BCUT2D eigenvalue weighted by molar-refractivity contribution is 6.11. The predicted molar refractivity (Wildman–Crippen MR) is 232 cm³/mol. The Kier molecular flexibility index (Phi) is 7.46. The van der Waals surface area contributed by atoms with Crippen molar-refractivity contribution in [3.63, 3.8) is 0 Å². The summed E-state index contributed by atoms with van der Waals surface area (Å²) in [6.07, 6.45) is 1.68.